The number of allylic oxidation sites excluding steroid dienone is 1. The Labute approximate surface area is 119 Å². The van der Waals surface area contributed by atoms with E-state index in [-0.39, 0.29) is 11.3 Å². The third kappa shape index (κ3) is 2.19. The maximum Gasteiger partial charge on any atom is 0.417 e. The number of nitrogens with zero attached hydrogens (tertiary/aromatic N) is 1. The zero-order valence-electron chi connectivity index (χ0n) is 11.5. The topological polar surface area (TPSA) is 37.2 Å². The van der Waals surface area contributed by atoms with Crippen molar-refractivity contribution in [1.82, 2.24) is 9.88 Å². The molecule has 3 rings (SSSR count). The van der Waals surface area contributed by atoms with E-state index in [2.05, 4.69) is 5.32 Å². The number of hydrogen-bond acceptors (Lipinski definition) is 2. The Hall–Kier alpha value is -1.95. The molecule has 0 saturated carbocycles. The smallest absolute Gasteiger partial charge is 0.417 e. The Kier molecular flexibility index (Phi) is 3.20. The molecule has 0 fully saturated rings. The number of benzene rings is 1. The molecule has 0 spiro atoms. The molecule has 0 saturated heterocycles. The van der Waals surface area contributed by atoms with Crippen molar-refractivity contribution >= 4 is 16.8 Å². The molecule has 0 bridgehead atoms. The summed E-state index contributed by atoms with van der Waals surface area (Å²) in [5.74, 6) is -0.291. The minimum atomic E-state index is -4.50. The summed E-state index contributed by atoms with van der Waals surface area (Å²) in [6.45, 7) is 3.30. The highest BCUT2D eigenvalue weighted by Crippen LogP contribution is 2.43. The van der Waals surface area contributed by atoms with Gasteiger partial charge in [-0.05, 0) is 24.6 Å². The van der Waals surface area contributed by atoms with E-state index in [1.807, 2.05) is 0 Å². The molecule has 1 aromatic heterocycles. The monoisotopic (exact) mass is 296 g/mol. The summed E-state index contributed by atoms with van der Waals surface area (Å²) in [5.41, 5.74) is 0.398. The Bertz CT molecular complexity index is 729. The fourth-order valence-electron chi connectivity index (χ4n) is 2.88. The zero-order valence-corrected chi connectivity index (χ0v) is 11.5. The molecule has 0 amide bonds. The number of hydrogen-bond donors (Lipinski definition) is 2. The van der Waals surface area contributed by atoms with Crippen molar-refractivity contribution in [3.63, 3.8) is 0 Å². The number of rotatable bonds is 1. The lowest BCUT2D eigenvalue weighted by Gasteiger charge is -2.17. The second-order valence-electron chi connectivity index (χ2n) is 5.09. The lowest BCUT2D eigenvalue weighted by molar-refractivity contribution is -0.136. The quantitative estimate of drug-likeness (QED) is 0.845. The lowest BCUT2D eigenvalue weighted by Crippen LogP contribution is -2.27. The summed E-state index contributed by atoms with van der Waals surface area (Å²) in [7, 11) is 0. The number of nitrogens with one attached hydrogen (secondary N) is 1. The van der Waals surface area contributed by atoms with Crippen LogP contribution >= 0.6 is 0 Å². The number of fused-ring (bicyclic) bond motifs is 3. The Balaban J connectivity index is 2.41. The first-order valence-corrected chi connectivity index (χ1v) is 6.72. The predicted molar refractivity (Wildman–Crippen MR) is 75.0 cm³/mol. The molecule has 1 aromatic carbocycles. The first-order valence-electron chi connectivity index (χ1n) is 6.72. The van der Waals surface area contributed by atoms with E-state index >= 15 is 0 Å². The van der Waals surface area contributed by atoms with Gasteiger partial charge < -0.3 is 15.0 Å². The van der Waals surface area contributed by atoms with Crippen LogP contribution in [0.25, 0.3) is 16.8 Å². The van der Waals surface area contributed by atoms with Crippen molar-refractivity contribution in [2.75, 3.05) is 6.54 Å². The summed E-state index contributed by atoms with van der Waals surface area (Å²) >= 11 is 0. The molecule has 0 atom stereocenters. The molecule has 0 unspecified atom stereocenters. The molecular formula is C15H15F3N2O. The summed E-state index contributed by atoms with van der Waals surface area (Å²) in [5, 5.41) is 13.7. The summed E-state index contributed by atoms with van der Waals surface area (Å²) in [6.07, 6.45) is -1.17. The van der Waals surface area contributed by atoms with Gasteiger partial charge in [-0.2, -0.15) is 13.2 Å². The maximum atomic E-state index is 13.3. The van der Waals surface area contributed by atoms with Crippen molar-refractivity contribution in [2.45, 2.75) is 26.2 Å². The van der Waals surface area contributed by atoms with E-state index in [1.54, 1.807) is 29.7 Å². The summed E-state index contributed by atoms with van der Waals surface area (Å²) < 4.78 is 41.5. The normalized spacial score (nSPS) is 15.8. The SMILES string of the molecule is CC=Cc1cc(C(F)(F)F)c2c(O)n3c(c2c1)CNCC3. The molecule has 2 heterocycles. The maximum absolute atomic E-state index is 13.3. The van der Waals surface area contributed by atoms with Gasteiger partial charge in [-0.25, -0.2) is 0 Å². The average Bonchev–Trinajstić information content (AvgIpc) is 2.72. The van der Waals surface area contributed by atoms with E-state index in [9.17, 15) is 18.3 Å². The number of aromatic nitrogens is 1. The van der Waals surface area contributed by atoms with Crippen molar-refractivity contribution in [3.8, 4) is 5.88 Å². The molecule has 0 radical (unpaired) electrons. The third-order valence-electron chi connectivity index (χ3n) is 3.75. The first-order chi connectivity index (χ1) is 9.93. The van der Waals surface area contributed by atoms with Crippen LogP contribution in [0.2, 0.25) is 0 Å². The van der Waals surface area contributed by atoms with Gasteiger partial charge in [0.2, 0.25) is 0 Å². The van der Waals surface area contributed by atoms with E-state index in [0.29, 0.717) is 36.3 Å². The van der Waals surface area contributed by atoms with E-state index < -0.39 is 11.7 Å². The molecule has 6 heteroatoms. The van der Waals surface area contributed by atoms with Gasteiger partial charge in [-0.3, -0.25) is 0 Å². The van der Waals surface area contributed by atoms with Gasteiger partial charge >= 0.3 is 6.18 Å². The molecule has 1 aliphatic rings. The van der Waals surface area contributed by atoms with E-state index in [1.165, 1.54) is 0 Å². The largest absolute Gasteiger partial charge is 0.494 e. The van der Waals surface area contributed by atoms with Crippen LogP contribution in [-0.4, -0.2) is 16.2 Å². The fraction of sp³-hybridized carbons (Fsp3) is 0.333. The second-order valence-corrected chi connectivity index (χ2v) is 5.09. The molecule has 2 N–H and O–H groups in total. The van der Waals surface area contributed by atoms with Gasteiger partial charge in [0.1, 0.15) is 0 Å². The van der Waals surface area contributed by atoms with Crippen LogP contribution in [0.5, 0.6) is 5.88 Å². The first kappa shape index (κ1) is 14.0. The molecule has 3 nitrogen and oxygen atoms in total. The predicted octanol–water partition coefficient (Wildman–Crippen LogP) is 3.50. The third-order valence-corrected chi connectivity index (χ3v) is 3.75. The average molecular weight is 296 g/mol. The van der Waals surface area contributed by atoms with Crippen LogP contribution in [-0.2, 0) is 19.3 Å². The number of halogens is 3. The van der Waals surface area contributed by atoms with Crippen LogP contribution in [0.4, 0.5) is 13.2 Å². The lowest BCUT2D eigenvalue weighted by atomic mass is 10.0. The van der Waals surface area contributed by atoms with Crippen molar-refractivity contribution < 1.29 is 18.3 Å². The highest BCUT2D eigenvalue weighted by Gasteiger charge is 2.36. The van der Waals surface area contributed by atoms with Gasteiger partial charge in [0.25, 0.3) is 0 Å². The van der Waals surface area contributed by atoms with Crippen LogP contribution in [0.1, 0.15) is 23.7 Å². The number of aromatic hydroxyl groups is 1. The minimum absolute atomic E-state index is 0.102. The molecule has 1 aliphatic heterocycles. The summed E-state index contributed by atoms with van der Waals surface area (Å²) in [6, 6.07) is 2.78. The van der Waals surface area contributed by atoms with Crippen molar-refractivity contribution in [1.29, 1.82) is 0 Å². The van der Waals surface area contributed by atoms with Gasteiger partial charge in [0.05, 0.1) is 10.9 Å². The van der Waals surface area contributed by atoms with Gasteiger partial charge in [0, 0.05) is 30.7 Å². The van der Waals surface area contributed by atoms with Crippen molar-refractivity contribution in [2.24, 2.45) is 0 Å². The Morgan fingerprint density at radius 1 is 1.33 bits per heavy atom. The fourth-order valence-corrected chi connectivity index (χ4v) is 2.88. The molecule has 112 valence electrons. The highest BCUT2D eigenvalue weighted by molar-refractivity contribution is 5.95. The van der Waals surface area contributed by atoms with E-state index in [4.69, 9.17) is 0 Å². The minimum Gasteiger partial charge on any atom is -0.494 e. The van der Waals surface area contributed by atoms with Crippen LogP contribution in [0, 0.1) is 0 Å². The zero-order chi connectivity index (χ0) is 15.2. The molecule has 0 aliphatic carbocycles. The van der Waals surface area contributed by atoms with Crippen LogP contribution < -0.4 is 5.32 Å². The van der Waals surface area contributed by atoms with Crippen LogP contribution in [0.3, 0.4) is 0 Å². The second kappa shape index (κ2) is 4.80. The van der Waals surface area contributed by atoms with Gasteiger partial charge in [-0.1, -0.05) is 12.2 Å². The molecule has 21 heavy (non-hydrogen) atoms. The Morgan fingerprint density at radius 2 is 2.10 bits per heavy atom. The Morgan fingerprint density at radius 3 is 2.76 bits per heavy atom. The standard InChI is InChI=1S/C15H15F3N2O/c1-2-3-9-6-10-12-8-19-4-5-20(12)14(21)13(10)11(7-9)15(16,17)18/h2-3,6-7,19,21H,4-5,8H2,1H3. The molecule has 2 aromatic rings. The van der Waals surface area contributed by atoms with Crippen molar-refractivity contribution in [3.05, 3.63) is 35.0 Å². The van der Waals surface area contributed by atoms with Crippen LogP contribution in [0.15, 0.2) is 18.2 Å². The number of alkyl halides is 3. The highest BCUT2D eigenvalue weighted by atomic mass is 19.4. The van der Waals surface area contributed by atoms with Gasteiger partial charge in [-0.15, -0.1) is 0 Å². The van der Waals surface area contributed by atoms with E-state index in [0.717, 1.165) is 6.07 Å². The molecular weight excluding hydrogens is 281 g/mol. The van der Waals surface area contributed by atoms with Gasteiger partial charge in [0.15, 0.2) is 5.88 Å². The summed E-state index contributed by atoms with van der Waals surface area (Å²) in [4.78, 5) is 0.